The maximum Gasteiger partial charge on any atom is 0.410 e. The summed E-state index contributed by atoms with van der Waals surface area (Å²) in [7, 11) is 0. The van der Waals surface area contributed by atoms with Gasteiger partial charge < -0.3 is 29.9 Å². The first kappa shape index (κ1) is 26.5. The zero-order valence-electron chi connectivity index (χ0n) is 20.7. The van der Waals surface area contributed by atoms with Gasteiger partial charge in [0.05, 0.1) is 0 Å². The molecule has 2 heterocycles. The molecule has 2 aliphatic rings. The van der Waals surface area contributed by atoms with Crippen LogP contribution in [-0.4, -0.2) is 83.5 Å². The summed E-state index contributed by atoms with van der Waals surface area (Å²) in [6.45, 7) is 22.8. The fraction of sp³-hybridized carbons (Fsp3) is 0.909. The van der Waals surface area contributed by atoms with Gasteiger partial charge in [-0.15, -0.1) is 0 Å². The molecule has 0 aliphatic carbocycles. The van der Waals surface area contributed by atoms with Gasteiger partial charge in [0.2, 0.25) is 0 Å². The number of carbonyl (C=O) groups is 2. The van der Waals surface area contributed by atoms with E-state index in [1.54, 1.807) is 0 Å². The van der Waals surface area contributed by atoms with Crippen molar-refractivity contribution in [3.63, 3.8) is 0 Å². The molecule has 2 fully saturated rings. The summed E-state index contributed by atoms with van der Waals surface area (Å²) in [6.07, 6.45) is -0.409. The Morgan fingerprint density at radius 3 is 1.07 bits per heavy atom. The number of rotatable bonds is 0. The Morgan fingerprint density at radius 1 is 0.633 bits per heavy atom. The van der Waals surface area contributed by atoms with Crippen LogP contribution in [0.5, 0.6) is 0 Å². The van der Waals surface area contributed by atoms with Crippen molar-refractivity contribution in [3.8, 4) is 0 Å². The normalized spacial score (nSPS) is 27.7. The molecule has 8 nitrogen and oxygen atoms in total. The Hall–Kier alpha value is -1.54. The summed E-state index contributed by atoms with van der Waals surface area (Å²) in [6, 6.07) is 0.791. The number of nitrogens with zero attached hydrogens (tertiary/aromatic N) is 2. The largest absolute Gasteiger partial charge is 0.444 e. The Balaban J connectivity index is 0.000000300. The van der Waals surface area contributed by atoms with Crippen LogP contribution in [0, 0.1) is 0 Å². The van der Waals surface area contributed by atoms with Gasteiger partial charge in [0.25, 0.3) is 0 Å². The van der Waals surface area contributed by atoms with Crippen molar-refractivity contribution in [1.82, 2.24) is 20.4 Å². The Kier molecular flexibility index (Phi) is 9.42. The molecule has 0 saturated carbocycles. The van der Waals surface area contributed by atoms with Crippen molar-refractivity contribution in [3.05, 3.63) is 0 Å². The van der Waals surface area contributed by atoms with E-state index in [-0.39, 0.29) is 36.4 Å². The smallest absolute Gasteiger partial charge is 0.410 e. The number of piperazine rings is 2. The third kappa shape index (κ3) is 8.68. The third-order valence-electron chi connectivity index (χ3n) is 4.87. The fourth-order valence-corrected chi connectivity index (χ4v) is 3.61. The average Bonchev–Trinajstić information content (AvgIpc) is 2.51. The van der Waals surface area contributed by atoms with Crippen molar-refractivity contribution in [2.24, 2.45) is 0 Å². The van der Waals surface area contributed by atoms with Gasteiger partial charge in [0.15, 0.2) is 0 Å². The van der Waals surface area contributed by atoms with Crippen LogP contribution in [0.4, 0.5) is 9.59 Å². The molecule has 2 saturated heterocycles. The highest BCUT2D eigenvalue weighted by molar-refractivity contribution is 5.69. The first-order chi connectivity index (χ1) is 13.6. The first-order valence-corrected chi connectivity index (χ1v) is 11.1. The van der Waals surface area contributed by atoms with E-state index in [1.807, 2.05) is 79.0 Å². The summed E-state index contributed by atoms with van der Waals surface area (Å²) in [5.41, 5.74) is -0.831. The third-order valence-corrected chi connectivity index (χ3v) is 4.87. The molecule has 4 atom stereocenters. The molecular weight excluding hydrogens is 384 g/mol. The number of nitrogens with one attached hydrogen (secondary N) is 2. The second-order valence-electron chi connectivity index (χ2n) is 10.5. The van der Waals surface area contributed by atoms with Gasteiger partial charge in [-0.05, 0) is 69.2 Å². The maximum absolute atomic E-state index is 11.9. The highest BCUT2D eigenvalue weighted by atomic mass is 16.6. The average molecular weight is 429 g/mol. The van der Waals surface area contributed by atoms with Crippen molar-refractivity contribution in [2.45, 2.75) is 105 Å². The lowest BCUT2D eigenvalue weighted by molar-refractivity contribution is 0.00191. The van der Waals surface area contributed by atoms with E-state index < -0.39 is 11.2 Å². The number of amides is 2. The summed E-state index contributed by atoms with van der Waals surface area (Å²) in [4.78, 5) is 27.5. The lowest BCUT2D eigenvalue weighted by Gasteiger charge is -2.39. The molecule has 0 aromatic carbocycles. The zero-order chi connectivity index (χ0) is 23.3. The van der Waals surface area contributed by atoms with E-state index in [0.29, 0.717) is 0 Å². The van der Waals surface area contributed by atoms with E-state index in [9.17, 15) is 9.59 Å². The summed E-state index contributed by atoms with van der Waals surface area (Å²) >= 11 is 0. The Labute approximate surface area is 183 Å². The molecule has 2 N–H and O–H groups in total. The lowest BCUT2D eigenvalue weighted by atomic mass is 10.1. The molecule has 0 bridgehead atoms. The first-order valence-electron chi connectivity index (χ1n) is 11.1. The highest BCUT2D eigenvalue weighted by Crippen LogP contribution is 2.17. The molecule has 0 unspecified atom stereocenters. The van der Waals surface area contributed by atoms with E-state index in [4.69, 9.17) is 9.47 Å². The van der Waals surface area contributed by atoms with Crippen LogP contribution in [0.2, 0.25) is 0 Å². The number of carbonyl (C=O) groups excluding carboxylic acids is 2. The molecule has 2 amide bonds. The summed E-state index contributed by atoms with van der Waals surface area (Å²) < 4.78 is 10.8. The zero-order valence-corrected chi connectivity index (χ0v) is 20.7. The Bertz CT molecular complexity index is 500. The molecule has 0 radical (unpaired) electrons. The summed E-state index contributed by atoms with van der Waals surface area (Å²) in [5, 5.41) is 6.57. The SMILES string of the molecule is C[C@@H]1CNC[C@@H](C)N1C(=O)OC(C)(C)C.C[C@H]1CNC[C@H](C)N1C(=O)OC(C)(C)C. The van der Waals surface area contributed by atoms with Crippen molar-refractivity contribution in [2.75, 3.05) is 26.2 Å². The Morgan fingerprint density at radius 2 is 0.867 bits per heavy atom. The molecule has 8 heteroatoms. The van der Waals surface area contributed by atoms with Crippen molar-refractivity contribution in [1.29, 1.82) is 0 Å². The van der Waals surface area contributed by atoms with Crippen LogP contribution in [-0.2, 0) is 9.47 Å². The molecule has 2 rings (SSSR count). The number of hydrogen-bond donors (Lipinski definition) is 2. The lowest BCUT2D eigenvalue weighted by Crippen LogP contribution is -2.58. The van der Waals surface area contributed by atoms with Gasteiger partial charge in [0.1, 0.15) is 11.2 Å². The predicted molar refractivity (Wildman–Crippen MR) is 120 cm³/mol. The van der Waals surface area contributed by atoms with Gasteiger partial charge in [0, 0.05) is 50.3 Å². The molecule has 2 aliphatic heterocycles. The van der Waals surface area contributed by atoms with Gasteiger partial charge in [-0.2, -0.15) is 0 Å². The minimum atomic E-state index is -0.415. The fourth-order valence-electron chi connectivity index (χ4n) is 3.61. The molecule has 0 spiro atoms. The van der Waals surface area contributed by atoms with E-state index in [1.165, 1.54) is 0 Å². The van der Waals surface area contributed by atoms with Gasteiger partial charge in [-0.3, -0.25) is 0 Å². The van der Waals surface area contributed by atoms with E-state index in [2.05, 4.69) is 10.6 Å². The molecule has 0 aromatic heterocycles. The number of ether oxygens (including phenoxy) is 2. The van der Waals surface area contributed by atoms with Crippen molar-refractivity contribution < 1.29 is 19.1 Å². The second kappa shape index (κ2) is 10.7. The minimum absolute atomic E-state index is 0.198. The molecular formula is C22H44N4O4. The highest BCUT2D eigenvalue weighted by Gasteiger charge is 2.33. The quantitative estimate of drug-likeness (QED) is 0.616. The van der Waals surface area contributed by atoms with Crippen LogP contribution in [0.25, 0.3) is 0 Å². The maximum atomic E-state index is 11.9. The summed E-state index contributed by atoms with van der Waals surface area (Å²) in [5.74, 6) is 0. The molecule has 176 valence electrons. The van der Waals surface area contributed by atoms with Gasteiger partial charge in [-0.1, -0.05) is 0 Å². The van der Waals surface area contributed by atoms with Crippen LogP contribution < -0.4 is 10.6 Å². The predicted octanol–water partition coefficient (Wildman–Crippen LogP) is 3.21. The molecule has 30 heavy (non-hydrogen) atoms. The van der Waals surface area contributed by atoms with Crippen molar-refractivity contribution >= 4 is 12.2 Å². The number of hydrogen-bond acceptors (Lipinski definition) is 6. The minimum Gasteiger partial charge on any atom is -0.444 e. The van der Waals surface area contributed by atoms with E-state index in [0.717, 1.165) is 26.2 Å². The van der Waals surface area contributed by atoms with Crippen LogP contribution in [0.1, 0.15) is 69.2 Å². The standard InChI is InChI=1S/2C11H22N2O2/c2*1-8-6-12-7-9(2)13(8)10(14)15-11(3,4)5/h2*8-9,12H,6-7H2,1-5H3/t2*8-,9-/m10/s1. The van der Waals surface area contributed by atoms with Gasteiger partial charge in [-0.25, -0.2) is 9.59 Å². The van der Waals surface area contributed by atoms with Crippen LogP contribution in [0.3, 0.4) is 0 Å². The monoisotopic (exact) mass is 428 g/mol. The van der Waals surface area contributed by atoms with E-state index >= 15 is 0 Å². The van der Waals surface area contributed by atoms with Gasteiger partial charge >= 0.3 is 12.2 Å². The van der Waals surface area contributed by atoms with Crippen LogP contribution in [0.15, 0.2) is 0 Å². The second-order valence-corrected chi connectivity index (χ2v) is 10.5. The molecule has 0 aromatic rings. The topological polar surface area (TPSA) is 83.1 Å². The van der Waals surface area contributed by atoms with Crippen LogP contribution >= 0.6 is 0 Å².